The van der Waals surface area contributed by atoms with Gasteiger partial charge in [-0.05, 0) is 49.7 Å². The average Bonchev–Trinajstić information content (AvgIpc) is 2.67. The molecule has 142 valence electrons. The van der Waals surface area contributed by atoms with Gasteiger partial charge in [0.2, 0.25) is 0 Å². The number of hydrogen-bond donors (Lipinski definition) is 1. The number of amides is 1. The molecule has 2 rings (SSSR count). The van der Waals surface area contributed by atoms with Gasteiger partial charge in [0.25, 0.3) is 5.91 Å². The van der Waals surface area contributed by atoms with Crippen molar-refractivity contribution in [2.24, 2.45) is 0 Å². The van der Waals surface area contributed by atoms with Gasteiger partial charge in [0.05, 0.1) is 0 Å². The number of aryl methyl sites for hydroxylation is 1. The van der Waals surface area contributed by atoms with Crippen LogP contribution in [0, 0.1) is 18.8 Å². The Morgan fingerprint density at radius 2 is 1.85 bits per heavy atom. The van der Waals surface area contributed by atoms with Crippen LogP contribution in [0.5, 0.6) is 0 Å². The van der Waals surface area contributed by atoms with Crippen LogP contribution in [0.3, 0.4) is 0 Å². The Kier molecular flexibility index (Phi) is 8.91. The first-order valence-corrected chi connectivity index (χ1v) is 9.70. The van der Waals surface area contributed by atoms with Crippen LogP contribution in [0.15, 0.2) is 48.5 Å². The third-order valence-corrected chi connectivity index (χ3v) is 4.28. The molecule has 27 heavy (non-hydrogen) atoms. The highest BCUT2D eigenvalue weighted by molar-refractivity contribution is 6.30. The minimum atomic E-state index is -0.343. The van der Waals surface area contributed by atoms with E-state index in [1.54, 1.807) is 0 Å². The second-order valence-electron chi connectivity index (χ2n) is 6.40. The standard InChI is InChI=1S/C23H26ClNO2/c1-3-4-17-27-22(25-23(26)20-13-9-18(2)10-14-20)8-6-5-7-19-11-15-21(24)16-12-19/h9-16,22H,3-4,6,8,17H2,1-2H3,(H,25,26). The number of benzene rings is 2. The number of nitrogens with one attached hydrogen (secondary N) is 1. The first-order valence-electron chi connectivity index (χ1n) is 9.32. The summed E-state index contributed by atoms with van der Waals surface area (Å²) in [6.07, 6.45) is 2.95. The molecule has 0 saturated heterocycles. The maximum absolute atomic E-state index is 12.4. The van der Waals surface area contributed by atoms with Gasteiger partial charge in [-0.2, -0.15) is 0 Å². The van der Waals surface area contributed by atoms with Crippen molar-refractivity contribution in [1.29, 1.82) is 0 Å². The summed E-state index contributed by atoms with van der Waals surface area (Å²) in [6, 6.07) is 14.9. The van der Waals surface area contributed by atoms with E-state index in [0.29, 0.717) is 30.0 Å². The third kappa shape index (κ3) is 7.86. The fraction of sp³-hybridized carbons (Fsp3) is 0.348. The minimum absolute atomic E-state index is 0.123. The lowest BCUT2D eigenvalue weighted by atomic mass is 10.1. The molecule has 0 bridgehead atoms. The molecular weight excluding hydrogens is 358 g/mol. The van der Waals surface area contributed by atoms with Crippen molar-refractivity contribution in [2.75, 3.05) is 6.61 Å². The zero-order valence-corrected chi connectivity index (χ0v) is 16.7. The highest BCUT2D eigenvalue weighted by atomic mass is 35.5. The number of carbonyl (C=O) groups is 1. The lowest BCUT2D eigenvalue weighted by Crippen LogP contribution is -2.37. The normalized spacial score (nSPS) is 11.4. The van der Waals surface area contributed by atoms with Crippen molar-refractivity contribution in [3.05, 3.63) is 70.2 Å². The predicted octanol–water partition coefficient (Wildman–Crippen LogP) is 5.35. The first kappa shape index (κ1) is 21.0. The average molecular weight is 384 g/mol. The van der Waals surface area contributed by atoms with Gasteiger partial charge in [-0.25, -0.2) is 0 Å². The van der Waals surface area contributed by atoms with Gasteiger partial charge >= 0.3 is 0 Å². The summed E-state index contributed by atoms with van der Waals surface area (Å²) in [5.74, 6) is 6.12. The van der Waals surface area contributed by atoms with Crippen LogP contribution in [0.4, 0.5) is 0 Å². The van der Waals surface area contributed by atoms with Gasteiger partial charge in [-0.3, -0.25) is 4.79 Å². The second-order valence-corrected chi connectivity index (χ2v) is 6.84. The summed E-state index contributed by atoms with van der Waals surface area (Å²) in [5.41, 5.74) is 2.68. The molecule has 0 aliphatic heterocycles. The number of rotatable bonds is 8. The van der Waals surface area contributed by atoms with Crippen LogP contribution in [0.2, 0.25) is 5.02 Å². The van der Waals surface area contributed by atoms with Gasteiger partial charge in [0.15, 0.2) is 0 Å². The fourth-order valence-corrected chi connectivity index (χ4v) is 2.53. The molecule has 1 amide bonds. The lowest BCUT2D eigenvalue weighted by molar-refractivity contribution is 0.0226. The fourth-order valence-electron chi connectivity index (χ4n) is 2.40. The molecule has 3 nitrogen and oxygen atoms in total. The van der Waals surface area contributed by atoms with Gasteiger partial charge in [-0.1, -0.05) is 54.5 Å². The SMILES string of the molecule is CCCCOC(CCC#Cc1ccc(Cl)cc1)NC(=O)c1ccc(C)cc1. The molecule has 2 aromatic carbocycles. The molecule has 0 saturated carbocycles. The Morgan fingerprint density at radius 1 is 1.15 bits per heavy atom. The zero-order valence-electron chi connectivity index (χ0n) is 15.9. The summed E-state index contributed by atoms with van der Waals surface area (Å²) in [6.45, 7) is 4.73. The lowest BCUT2D eigenvalue weighted by Gasteiger charge is -2.18. The number of halogens is 1. The number of carbonyl (C=O) groups excluding carboxylic acids is 1. The van der Waals surface area contributed by atoms with Crippen molar-refractivity contribution >= 4 is 17.5 Å². The summed E-state index contributed by atoms with van der Waals surface area (Å²) in [4.78, 5) is 12.4. The van der Waals surface area contributed by atoms with Crippen LogP contribution in [0.25, 0.3) is 0 Å². The third-order valence-electron chi connectivity index (χ3n) is 4.03. The quantitative estimate of drug-likeness (QED) is 0.379. The predicted molar refractivity (Wildman–Crippen MR) is 111 cm³/mol. The van der Waals surface area contributed by atoms with E-state index in [-0.39, 0.29) is 12.1 Å². The number of hydrogen-bond acceptors (Lipinski definition) is 2. The molecule has 0 fully saturated rings. The highest BCUT2D eigenvalue weighted by Crippen LogP contribution is 2.09. The Bertz CT molecular complexity index is 773. The summed E-state index contributed by atoms with van der Waals surface area (Å²) >= 11 is 5.88. The van der Waals surface area contributed by atoms with Gasteiger partial charge in [0, 0.05) is 35.6 Å². The molecular formula is C23H26ClNO2. The molecule has 0 heterocycles. The Morgan fingerprint density at radius 3 is 2.52 bits per heavy atom. The van der Waals surface area contributed by atoms with E-state index >= 15 is 0 Å². The number of ether oxygens (including phenoxy) is 1. The van der Waals surface area contributed by atoms with E-state index in [4.69, 9.17) is 16.3 Å². The number of unbranched alkanes of at least 4 members (excludes halogenated alkanes) is 1. The van der Waals surface area contributed by atoms with Crippen molar-refractivity contribution in [3.63, 3.8) is 0 Å². The molecule has 0 radical (unpaired) electrons. The molecule has 2 aromatic rings. The van der Waals surface area contributed by atoms with Gasteiger partial charge < -0.3 is 10.1 Å². The van der Waals surface area contributed by atoms with Crippen molar-refractivity contribution < 1.29 is 9.53 Å². The van der Waals surface area contributed by atoms with Gasteiger partial charge in [0.1, 0.15) is 6.23 Å². The molecule has 0 spiro atoms. The van der Waals surface area contributed by atoms with E-state index in [9.17, 15) is 4.79 Å². The minimum Gasteiger partial charge on any atom is -0.358 e. The second kappa shape index (κ2) is 11.4. The van der Waals surface area contributed by atoms with Crippen molar-refractivity contribution in [2.45, 2.75) is 45.8 Å². The topological polar surface area (TPSA) is 38.3 Å². The molecule has 0 aromatic heterocycles. The molecule has 1 N–H and O–H groups in total. The van der Waals surface area contributed by atoms with Crippen LogP contribution < -0.4 is 5.32 Å². The van der Waals surface area contributed by atoms with Crippen molar-refractivity contribution in [3.8, 4) is 11.8 Å². The largest absolute Gasteiger partial charge is 0.358 e. The van der Waals surface area contributed by atoms with Crippen LogP contribution in [-0.2, 0) is 4.74 Å². The Labute approximate surface area is 167 Å². The summed E-state index contributed by atoms with van der Waals surface area (Å²) < 4.78 is 5.85. The maximum atomic E-state index is 12.4. The molecule has 0 aliphatic carbocycles. The highest BCUT2D eigenvalue weighted by Gasteiger charge is 2.13. The Hall–Kier alpha value is -2.28. The maximum Gasteiger partial charge on any atom is 0.253 e. The molecule has 0 aliphatic rings. The smallest absolute Gasteiger partial charge is 0.253 e. The summed E-state index contributed by atoms with van der Waals surface area (Å²) in [7, 11) is 0. The Balaban J connectivity index is 1.91. The van der Waals surface area contributed by atoms with E-state index < -0.39 is 0 Å². The van der Waals surface area contributed by atoms with E-state index in [1.165, 1.54) is 0 Å². The molecule has 4 heteroatoms. The monoisotopic (exact) mass is 383 g/mol. The van der Waals surface area contributed by atoms with Gasteiger partial charge in [-0.15, -0.1) is 0 Å². The zero-order chi connectivity index (χ0) is 19.5. The van der Waals surface area contributed by atoms with E-state index in [0.717, 1.165) is 24.0 Å². The molecule has 1 unspecified atom stereocenters. The van der Waals surface area contributed by atoms with Crippen LogP contribution in [0.1, 0.15) is 54.1 Å². The van der Waals surface area contributed by atoms with Crippen LogP contribution >= 0.6 is 11.6 Å². The summed E-state index contributed by atoms with van der Waals surface area (Å²) in [5, 5.41) is 3.67. The molecule has 1 atom stereocenters. The van der Waals surface area contributed by atoms with Crippen molar-refractivity contribution in [1.82, 2.24) is 5.32 Å². The van der Waals surface area contributed by atoms with Crippen LogP contribution in [-0.4, -0.2) is 18.7 Å². The first-order chi connectivity index (χ1) is 13.1. The van der Waals surface area contributed by atoms with E-state index in [2.05, 4.69) is 24.1 Å². The van der Waals surface area contributed by atoms with E-state index in [1.807, 2.05) is 55.5 Å².